The summed E-state index contributed by atoms with van der Waals surface area (Å²) in [4.78, 5) is 11.7. The topological polar surface area (TPSA) is 59.6 Å². The maximum atomic E-state index is 11.7. The summed E-state index contributed by atoms with van der Waals surface area (Å²) in [6.45, 7) is 2.55. The normalized spacial score (nSPS) is 9.91. The molecule has 2 amide bonds. The fourth-order valence-corrected chi connectivity index (χ4v) is 1.85. The van der Waals surface area contributed by atoms with Crippen LogP contribution >= 0.6 is 0 Å². The number of methoxy groups -OCH3 is 1. The molecule has 0 aliphatic heterocycles. The van der Waals surface area contributed by atoms with Crippen molar-refractivity contribution in [3.8, 4) is 11.5 Å². The van der Waals surface area contributed by atoms with E-state index in [1.807, 2.05) is 55.5 Å². The first-order chi connectivity index (χ1) is 10.7. The van der Waals surface area contributed by atoms with Crippen molar-refractivity contribution in [1.29, 1.82) is 0 Å². The van der Waals surface area contributed by atoms with E-state index in [1.165, 1.54) is 0 Å². The molecule has 0 aliphatic rings. The van der Waals surface area contributed by atoms with E-state index in [2.05, 4.69) is 10.6 Å². The van der Waals surface area contributed by atoms with Gasteiger partial charge in [-0.25, -0.2) is 4.79 Å². The fraction of sp³-hybridized carbons (Fsp3) is 0.235. The van der Waals surface area contributed by atoms with Gasteiger partial charge in [-0.3, -0.25) is 0 Å². The highest BCUT2D eigenvalue weighted by Crippen LogP contribution is 2.12. The summed E-state index contributed by atoms with van der Waals surface area (Å²) in [7, 11) is 1.61. The number of amides is 2. The van der Waals surface area contributed by atoms with Crippen LogP contribution in [0, 0.1) is 6.92 Å². The lowest BCUT2D eigenvalue weighted by Crippen LogP contribution is -2.37. The first kappa shape index (κ1) is 15.7. The van der Waals surface area contributed by atoms with Crippen LogP contribution in [0.4, 0.5) is 4.79 Å². The molecule has 5 nitrogen and oxygen atoms in total. The Balaban J connectivity index is 1.70. The first-order valence-electron chi connectivity index (χ1n) is 7.01. The van der Waals surface area contributed by atoms with Crippen molar-refractivity contribution >= 4 is 6.03 Å². The van der Waals surface area contributed by atoms with Gasteiger partial charge in [-0.1, -0.05) is 29.8 Å². The Morgan fingerprint density at radius 1 is 1.05 bits per heavy atom. The van der Waals surface area contributed by atoms with Gasteiger partial charge in [0, 0.05) is 6.54 Å². The minimum atomic E-state index is -0.282. The molecular weight excluding hydrogens is 280 g/mol. The quantitative estimate of drug-likeness (QED) is 0.807. The van der Waals surface area contributed by atoms with E-state index in [0.29, 0.717) is 6.54 Å². The minimum absolute atomic E-state index is 0.118. The summed E-state index contributed by atoms with van der Waals surface area (Å²) < 4.78 is 10.6. The van der Waals surface area contributed by atoms with Crippen molar-refractivity contribution < 1.29 is 14.3 Å². The molecule has 0 atom stereocenters. The van der Waals surface area contributed by atoms with Gasteiger partial charge in [0.25, 0.3) is 0 Å². The van der Waals surface area contributed by atoms with Crippen molar-refractivity contribution in [1.82, 2.24) is 10.6 Å². The largest absolute Gasteiger partial charge is 0.497 e. The van der Waals surface area contributed by atoms with Crippen molar-refractivity contribution in [2.75, 3.05) is 13.8 Å². The van der Waals surface area contributed by atoms with Gasteiger partial charge in [-0.05, 0) is 36.8 Å². The lowest BCUT2D eigenvalue weighted by molar-refractivity contribution is 0.223. The zero-order chi connectivity index (χ0) is 15.8. The Labute approximate surface area is 130 Å². The Hall–Kier alpha value is -2.69. The third kappa shape index (κ3) is 5.01. The average Bonchev–Trinajstić information content (AvgIpc) is 2.55. The molecule has 0 aliphatic carbocycles. The highest BCUT2D eigenvalue weighted by molar-refractivity contribution is 5.73. The monoisotopic (exact) mass is 300 g/mol. The molecule has 5 heteroatoms. The second-order valence-corrected chi connectivity index (χ2v) is 4.81. The minimum Gasteiger partial charge on any atom is -0.497 e. The van der Waals surface area contributed by atoms with Crippen LogP contribution in [0.2, 0.25) is 0 Å². The fourth-order valence-electron chi connectivity index (χ4n) is 1.85. The van der Waals surface area contributed by atoms with Crippen LogP contribution in [-0.4, -0.2) is 19.9 Å². The molecule has 0 saturated heterocycles. The Kier molecular flexibility index (Phi) is 5.65. The second-order valence-electron chi connectivity index (χ2n) is 4.81. The van der Waals surface area contributed by atoms with Crippen molar-refractivity contribution in [2.24, 2.45) is 0 Å². The number of rotatable bonds is 6. The lowest BCUT2D eigenvalue weighted by atomic mass is 10.2. The number of ether oxygens (including phenoxy) is 2. The van der Waals surface area contributed by atoms with Crippen LogP contribution in [0.25, 0.3) is 0 Å². The van der Waals surface area contributed by atoms with Gasteiger partial charge in [0.2, 0.25) is 0 Å². The zero-order valence-corrected chi connectivity index (χ0v) is 12.8. The average molecular weight is 300 g/mol. The van der Waals surface area contributed by atoms with Gasteiger partial charge in [0.15, 0.2) is 6.73 Å². The summed E-state index contributed by atoms with van der Waals surface area (Å²) >= 11 is 0. The van der Waals surface area contributed by atoms with Gasteiger partial charge >= 0.3 is 6.03 Å². The Morgan fingerprint density at radius 2 is 1.82 bits per heavy atom. The summed E-state index contributed by atoms with van der Waals surface area (Å²) in [5.74, 6) is 1.49. The summed E-state index contributed by atoms with van der Waals surface area (Å²) in [6.07, 6.45) is 0. The van der Waals surface area contributed by atoms with Gasteiger partial charge < -0.3 is 20.1 Å². The van der Waals surface area contributed by atoms with Crippen LogP contribution in [0.5, 0.6) is 11.5 Å². The predicted molar refractivity (Wildman–Crippen MR) is 85.0 cm³/mol. The molecular formula is C17H20N2O3. The van der Waals surface area contributed by atoms with E-state index in [9.17, 15) is 4.79 Å². The number of benzene rings is 2. The summed E-state index contributed by atoms with van der Waals surface area (Å²) in [5, 5.41) is 5.40. The molecule has 22 heavy (non-hydrogen) atoms. The van der Waals surface area contributed by atoms with Crippen LogP contribution in [0.15, 0.2) is 48.5 Å². The number of hydrogen-bond donors (Lipinski definition) is 2. The van der Waals surface area contributed by atoms with Crippen LogP contribution in [0.1, 0.15) is 11.1 Å². The van der Waals surface area contributed by atoms with E-state index >= 15 is 0 Å². The molecule has 2 rings (SSSR count). The zero-order valence-electron chi connectivity index (χ0n) is 12.8. The number of carbonyl (C=O) groups is 1. The number of hydrogen-bond acceptors (Lipinski definition) is 3. The SMILES string of the molecule is COc1cccc(CNC(=O)NCOc2ccc(C)cc2)c1. The van der Waals surface area contributed by atoms with Crippen molar-refractivity contribution in [3.05, 3.63) is 59.7 Å². The number of aryl methyl sites for hydroxylation is 1. The Morgan fingerprint density at radius 3 is 2.55 bits per heavy atom. The molecule has 0 bridgehead atoms. The second kappa shape index (κ2) is 7.93. The van der Waals surface area contributed by atoms with E-state index in [0.717, 1.165) is 22.6 Å². The van der Waals surface area contributed by atoms with Crippen molar-refractivity contribution in [2.45, 2.75) is 13.5 Å². The lowest BCUT2D eigenvalue weighted by Gasteiger charge is -2.10. The van der Waals surface area contributed by atoms with E-state index < -0.39 is 0 Å². The summed E-state index contributed by atoms with van der Waals surface area (Å²) in [5.41, 5.74) is 2.13. The van der Waals surface area contributed by atoms with E-state index in [-0.39, 0.29) is 12.8 Å². The van der Waals surface area contributed by atoms with Crippen LogP contribution < -0.4 is 20.1 Å². The highest BCUT2D eigenvalue weighted by atomic mass is 16.5. The van der Waals surface area contributed by atoms with Gasteiger partial charge in [-0.2, -0.15) is 0 Å². The molecule has 2 aromatic carbocycles. The number of nitrogens with one attached hydrogen (secondary N) is 2. The molecule has 116 valence electrons. The van der Waals surface area contributed by atoms with Gasteiger partial charge in [-0.15, -0.1) is 0 Å². The van der Waals surface area contributed by atoms with Crippen molar-refractivity contribution in [3.63, 3.8) is 0 Å². The third-order valence-electron chi connectivity index (χ3n) is 3.08. The molecule has 0 saturated carbocycles. The van der Waals surface area contributed by atoms with Gasteiger partial charge in [0.05, 0.1) is 7.11 Å². The Bertz CT molecular complexity index is 612. The summed E-state index contributed by atoms with van der Waals surface area (Å²) in [6, 6.07) is 14.9. The smallest absolute Gasteiger partial charge is 0.317 e. The maximum absolute atomic E-state index is 11.7. The molecule has 0 fully saturated rings. The molecule has 2 N–H and O–H groups in total. The highest BCUT2D eigenvalue weighted by Gasteiger charge is 2.01. The molecule has 0 radical (unpaired) electrons. The van der Waals surface area contributed by atoms with Crippen LogP contribution in [-0.2, 0) is 6.54 Å². The van der Waals surface area contributed by atoms with Crippen LogP contribution in [0.3, 0.4) is 0 Å². The predicted octanol–water partition coefficient (Wildman–Crippen LogP) is 2.84. The number of urea groups is 1. The molecule has 2 aromatic rings. The molecule has 0 unspecified atom stereocenters. The standard InChI is InChI=1S/C17H20N2O3/c1-13-6-8-15(9-7-13)22-12-19-17(20)18-11-14-4-3-5-16(10-14)21-2/h3-10H,11-12H2,1-2H3,(H2,18,19,20). The third-order valence-corrected chi connectivity index (χ3v) is 3.08. The number of carbonyl (C=O) groups excluding carboxylic acids is 1. The van der Waals surface area contributed by atoms with E-state index in [4.69, 9.17) is 9.47 Å². The molecule has 0 aromatic heterocycles. The first-order valence-corrected chi connectivity index (χ1v) is 7.01. The molecule has 0 heterocycles. The maximum Gasteiger partial charge on any atom is 0.317 e. The van der Waals surface area contributed by atoms with E-state index in [1.54, 1.807) is 7.11 Å². The van der Waals surface area contributed by atoms with Gasteiger partial charge in [0.1, 0.15) is 11.5 Å². The molecule has 0 spiro atoms.